The molecule has 0 saturated carbocycles. The Morgan fingerprint density at radius 2 is 1.94 bits per heavy atom. The van der Waals surface area contributed by atoms with Gasteiger partial charge in [-0.25, -0.2) is 0 Å². The zero-order chi connectivity index (χ0) is 13.3. The molecular weight excluding hydrogens is 230 g/mol. The highest BCUT2D eigenvalue weighted by Crippen LogP contribution is 2.04. The molecule has 98 valence electrons. The SMILES string of the molecule is CC(C)CCC(=O)COC(=O)CCO[N+](=O)[O-]. The average molecular weight is 247 g/mol. The van der Waals surface area contributed by atoms with Crippen LogP contribution in [-0.2, 0) is 19.2 Å². The van der Waals surface area contributed by atoms with Gasteiger partial charge in [0.1, 0.15) is 13.2 Å². The minimum atomic E-state index is -0.985. The van der Waals surface area contributed by atoms with E-state index in [9.17, 15) is 19.7 Å². The largest absolute Gasteiger partial charge is 0.458 e. The maximum atomic E-state index is 11.2. The second kappa shape index (κ2) is 8.49. The highest BCUT2D eigenvalue weighted by atomic mass is 16.9. The van der Waals surface area contributed by atoms with Gasteiger partial charge in [0.25, 0.3) is 5.09 Å². The maximum Gasteiger partial charge on any atom is 0.308 e. The smallest absolute Gasteiger partial charge is 0.308 e. The molecule has 0 aliphatic carbocycles. The molecule has 0 aromatic heterocycles. The van der Waals surface area contributed by atoms with Crippen molar-refractivity contribution >= 4 is 11.8 Å². The van der Waals surface area contributed by atoms with E-state index in [1.807, 2.05) is 13.8 Å². The Morgan fingerprint density at radius 1 is 1.29 bits per heavy atom. The number of carbonyl (C=O) groups is 2. The molecule has 0 atom stereocenters. The van der Waals surface area contributed by atoms with Crippen LogP contribution in [0.1, 0.15) is 33.1 Å². The van der Waals surface area contributed by atoms with E-state index in [1.54, 1.807) is 0 Å². The van der Waals surface area contributed by atoms with Crippen molar-refractivity contribution in [3.8, 4) is 0 Å². The van der Waals surface area contributed by atoms with Crippen LogP contribution in [0.5, 0.6) is 0 Å². The lowest BCUT2D eigenvalue weighted by atomic mass is 10.1. The fourth-order valence-corrected chi connectivity index (χ4v) is 0.959. The standard InChI is InChI=1S/C10H17NO6/c1-8(2)3-4-9(12)7-16-10(13)5-6-17-11(14)15/h8H,3-7H2,1-2H3. The van der Waals surface area contributed by atoms with Gasteiger partial charge in [0.05, 0.1) is 6.42 Å². The minimum Gasteiger partial charge on any atom is -0.458 e. The summed E-state index contributed by atoms with van der Waals surface area (Å²) in [5, 5.41) is 8.79. The highest BCUT2D eigenvalue weighted by molar-refractivity contribution is 5.82. The van der Waals surface area contributed by atoms with Gasteiger partial charge < -0.3 is 9.57 Å². The molecule has 0 bridgehead atoms. The third-order valence-electron chi connectivity index (χ3n) is 1.90. The first-order chi connectivity index (χ1) is 7.91. The summed E-state index contributed by atoms with van der Waals surface area (Å²) in [4.78, 5) is 35.9. The van der Waals surface area contributed by atoms with Crippen LogP contribution in [0.25, 0.3) is 0 Å². The molecule has 0 radical (unpaired) electrons. The Morgan fingerprint density at radius 3 is 2.47 bits per heavy atom. The Balaban J connectivity index is 3.55. The molecular formula is C10H17NO6. The fraction of sp³-hybridized carbons (Fsp3) is 0.800. The Kier molecular flexibility index (Phi) is 7.66. The van der Waals surface area contributed by atoms with Gasteiger partial charge in [0.2, 0.25) is 0 Å². The fourth-order valence-electron chi connectivity index (χ4n) is 0.959. The van der Waals surface area contributed by atoms with Crippen LogP contribution in [0.15, 0.2) is 0 Å². The van der Waals surface area contributed by atoms with Crippen LogP contribution in [0.3, 0.4) is 0 Å². The van der Waals surface area contributed by atoms with Crippen molar-refractivity contribution in [3.05, 3.63) is 10.1 Å². The number of Topliss-reactive ketones (excluding diaryl/α,β-unsaturated/α-hetero) is 1. The number of ketones is 1. The van der Waals surface area contributed by atoms with Crippen molar-refractivity contribution in [1.82, 2.24) is 0 Å². The van der Waals surface area contributed by atoms with Crippen molar-refractivity contribution in [3.63, 3.8) is 0 Å². The summed E-state index contributed by atoms with van der Waals surface area (Å²) in [5.41, 5.74) is 0. The van der Waals surface area contributed by atoms with E-state index < -0.39 is 11.1 Å². The number of hydrogen-bond acceptors (Lipinski definition) is 6. The number of rotatable bonds is 9. The quantitative estimate of drug-likeness (QED) is 0.344. The molecule has 7 heteroatoms. The molecule has 7 nitrogen and oxygen atoms in total. The number of carbonyl (C=O) groups excluding carboxylic acids is 2. The van der Waals surface area contributed by atoms with Gasteiger partial charge in [-0.15, -0.1) is 10.1 Å². The number of hydrogen-bond donors (Lipinski definition) is 0. The Labute approximate surface area is 99.2 Å². The van der Waals surface area contributed by atoms with Crippen LogP contribution < -0.4 is 0 Å². The summed E-state index contributed by atoms with van der Waals surface area (Å²) in [7, 11) is 0. The zero-order valence-corrected chi connectivity index (χ0v) is 10.0. The van der Waals surface area contributed by atoms with Crippen LogP contribution in [0, 0.1) is 16.0 Å². The van der Waals surface area contributed by atoms with Crippen molar-refractivity contribution in [2.75, 3.05) is 13.2 Å². The minimum absolute atomic E-state index is 0.151. The molecule has 0 heterocycles. The predicted octanol–water partition coefficient (Wildman–Crippen LogP) is 1.13. The van der Waals surface area contributed by atoms with E-state index in [0.29, 0.717) is 12.3 Å². The molecule has 0 aliphatic heterocycles. The first-order valence-electron chi connectivity index (χ1n) is 5.36. The first kappa shape index (κ1) is 15.3. The molecule has 0 unspecified atom stereocenters. The van der Waals surface area contributed by atoms with Gasteiger partial charge >= 0.3 is 5.97 Å². The second-order valence-electron chi connectivity index (χ2n) is 3.94. The summed E-state index contributed by atoms with van der Waals surface area (Å²) >= 11 is 0. The van der Waals surface area contributed by atoms with Gasteiger partial charge in [-0.2, -0.15) is 0 Å². The lowest BCUT2D eigenvalue weighted by molar-refractivity contribution is -0.757. The predicted molar refractivity (Wildman–Crippen MR) is 57.6 cm³/mol. The van der Waals surface area contributed by atoms with E-state index in [-0.39, 0.29) is 25.4 Å². The summed E-state index contributed by atoms with van der Waals surface area (Å²) in [6.45, 7) is 3.36. The molecule has 0 spiro atoms. The second-order valence-corrected chi connectivity index (χ2v) is 3.94. The highest BCUT2D eigenvalue weighted by Gasteiger charge is 2.09. The molecule has 0 N–H and O–H groups in total. The Bertz CT molecular complexity index is 276. The molecule has 0 aliphatic rings. The molecule has 0 fully saturated rings. The molecule has 0 rings (SSSR count). The van der Waals surface area contributed by atoms with E-state index in [1.165, 1.54) is 0 Å². The average Bonchev–Trinajstić information content (AvgIpc) is 2.23. The van der Waals surface area contributed by atoms with Crippen molar-refractivity contribution in [1.29, 1.82) is 0 Å². The number of esters is 1. The van der Waals surface area contributed by atoms with E-state index >= 15 is 0 Å². The topological polar surface area (TPSA) is 95.7 Å². The summed E-state index contributed by atoms with van der Waals surface area (Å²) in [5.74, 6) is -0.407. The molecule has 17 heavy (non-hydrogen) atoms. The number of nitrogens with zero attached hydrogens (tertiary/aromatic N) is 1. The van der Waals surface area contributed by atoms with Crippen LogP contribution in [-0.4, -0.2) is 30.1 Å². The van der Waals surface area contributed by atoms with Gasteiger partial charge in [0, 0.05) is 6.42 Å². The normalized spacial score (nSPS) is 10.1. The van der Waals surface area contributed by atoms with E-state index in [4.69, 9.17) is 0 Å². The molecule has 0 aromatic rings. The lowest BCUT2D eigenvalue weighted by Crippen LogP contribution is -2.16. The lowest BCUT2D eigenvalue weighted by Gasteiger charge is -2.05. The molecule has 0 aromatic carbocycles. The van der Waals surface area contributed by atoms with Gasteiger partial charge in [0.15, 0.2) is 5.78 Å². The summed E-state index contributed by atoms with van der Waals surface area (Å²) in [6.07, 6.45) is 0.885. The monoisotopic (exact) mass is 247 g/mol. The van der Waals surface area contributed by atoms with Gasteiger partial charge in [-0.3, -0.25) is 9.59 Å². The van der Waals surface area contributed by atoms with E-state index in [2.05, 4.69) is 9.57 Å². The van der Waals surface area contributed by atoms with E-state index in [0.717, 1.165) is 6.42 Å². The van der Waals surface area contributed by atoms with Crippen molar-refractivity contribution < 1.29 is 24.3 Å². The third kappa shape index (κ3) is 10.6. The van der Waals surface area contributed by atoms with Crippen molar-refractivity contribution in [2.45, 2.75) is 33.1 Å². The van der Waals surface area contributed by atoms with Crippen LogP contribution in [0.2, 0.25) is 0 Å². The zero-order valence-electron chi connectivity index (χ0n) is 10.0. The summed E-state index contributed by atoms with van der Waals surface area (Å²) < 4.78 is 4.63. The molecule has 0 amide bonds. The summed E-state index contributed by atoms with van der Waals surface area (Å²) in [6, 6.07) is 0. The van der Waals surface area contributed by atoms with Crippen LogP contribution in [0.4, 0.5) is 0 Å². The van der Waals surface area contributed by atoms with Gasteiger partial charge in [-0.1, -0.05) is 13.8 Å². The maximum absolute atomic E-state index is 11.2. The first-order valence-corrected chi connectivity index (χ1v) is 5.36. The van der Waals surface area contributed by atoms with Crippen LogP contribution >= 0.6 is 0 Å². The Hall–Kier alpha value is -1.66. The molecule has 0 saturated heterocycles. The van der Waals surface area contributed by atoms with Crippen molar-refractivity contribution in [2.24, 2.45) is 5.92 Å². The van der Waals surface area contributed by atoms with Gasteiger partial charge in [-0.05, 0) is 12.3 Å². The third-order valence-corrected chi connectivity index (χ3v) is 1.90. The number of ether oxygens (including phenoxy) is 1.